The Morgan fingerprint density at radius 1 is 1.09 bits per heavy atom. The van der Waals surface area contributed by atoms with Crippen LogP contribution in [0.15, 0.2) is 58.3 Å². The molecule has 1 aromatic heterocycles. The number of esters is 1. The normalized spacial score (nSPS) is 12.6. The number of nitrogens with zero attached hydrogens (tertiary/aromatic N) is 3. The predicted octanol–water partition coefficient (Wildman–Crippen LogP) is 1.63. The molecule has 2 aromatic carbocycles. The summed E-state index contributed by atoms with van der Waals surface area (Å²) in [6, 6.07) is 11.8. The zero-order chi connectivity index (χ0) is 23.3. The molecule has 1 atom stereocenters. The molecule has 0 saturated heterocycles. The highest BCUT2D eigenvalue weighted by molar-refractivity contribution is 7.03. The van der Waals surface area contributed by atoms with E-state index in [9.17, 15) is 14.4 Å². The number of amides is 1. The van der Waals surface area contributed by atoms with Gasteiger partial charge in [-0.2, -0.15) is 4.99 Å². The Morgan fingerprint density at radius 2 is 1.69 bits per heavy atom. The molecular weight excluding hydrogens is 479 g/mol. The predicted molar refractivity (Wildman–Crippen MR) is 120 cm³/mol. The topological polar surface area (TPSA) is 129 Å². The molecule has 0 aliphatic rings. The summed E-state index contributed by atoms with van der Waals surface area (Å²) in [6.45, 7) is -0.947. The molecule has 0 aliphatic heterocycles. The lowest BCUT2D eigenvalue weighted by molar-refractivity contribution is -0.150. The Bertz CT molecular complexity index is 1230. The van der Waals surface area contributed by atoms with Gasteiger partial charge in [0, 0.05) is 15.6 Å². The van der Waals surface area contributed by atoms with Gasteiger partial charge in [0.15, 0.2) is 6.73 Å². The molecule has 1 heterocycles. The van der Waals surface area contributed by atoms with E-state index in [0.29, 0.717) is 10.0 Å². The van der Waals surface area contributed by atoms with Crippen molar-refractivity contribution in [1.82, 2.24) is 8.52 Å². The van der Waals surface area contributed by atoms with E-state index in [4.69, 9.17) is 38.8 Å². The summed E-state index contributed by atoms with van der Waals surface area (Å²) in [6.07, 6.45) is 0. The van der Waals surface area contributed by atoms with Crippen molar-refractivity contribution >= 4 is 46.6 Å². The molecule has 0 radical (unpaired) electrons. The van der Waals surface area contributed by atoms with Gasteiger partial charge in [-0.25, -0.2) is 13.3 Å². The Balaban J connectivity index is 1.97. The smallest absolute Gasteiger partial charge is 0.342 e. The molecule has 1 amide bonds. The van der Waals surface area contributed by atoms with Crippen molar-refractivity contribution in [2.45, 2.75) is 19.3 Å². The van der Waals surface area contributed by atoms with Gasteiger partial charge in [0.1, 0.15) is 6.04 Å². The third-order valence-corrected chi connectivity index (χ3v) is 5.71. The molecule has 3 rings (SSSR count). The van der Waals surface area contributed by atoms with E-state index in [2.05, 4.69) is 4.99 Å². The average molecular weight is 497 g/mol. The first-order chi connectivity index (χ1) is 15.3. The van der Waals surface area contributed by atoms with Crippen molar-refractivity contribution in [3.8, 4) is 0 Å². The largest absolute Gasteiger partial charge is 0.442 e. The maximum Gasteiger partial charge on any atom is 0.342 e. The van der Waals surface area contributed by atoms with Crippen molar-refractivity contribution in [3.63, 3.8) is 0 Å². The summed E-state index contributed by atoms with van der Waals surface area (Å²) < 4.78 is 7.41. The van der Waals surface area contributed by atoms with E-state index in [1.165, 1.54) is 16.1 Å². The molecular formula is C20H18Cl2N4O5S. The third-order valence-electron chi connectivity index (χ3n) is 4.23. The van der Waals surface area contributed by atoms with Gasteiger partial charge in [-0.1, -0.05) is 35.3 Å². The van der Waals surface area contributed by atoms with Crippen LogP contribution in [-0.2, 0) is 22.8 Å². The standard InChI is InChI=1S/C20H18Cl2N4O5S/c21-14-5-1-12(2-6-14)9-26-20(30)25(11-31-18(29)16(23)10-27)19(32-26)24-17(28)13-3-7-15(22)8-4-13/h1-8,16,27H,9-11,23H2. The lowest BCUT2D eigenvalue weighted by Gasteiger charge is -2.08. The fourth-order valence-electron chi connectivity index (χ4n) is 2.50. The van der Waals surface area contributed by atoms with Gasteiger partial charge in [-0.3, -0.25) is 9.59 Å². The van der Waals surface area contributed by atoms with Crippen LogP contribution in [-0.4, -0.2) is 38.2 Å². The molecule has 3 N–H and O–H groups in total. The Labute approximate surface area is 196 Å². The zero-order valence-electron chi connectivity index (χ0n) is 16.5. The van der Waals surface area contributed by atoms with Crippen LogP contribution in [0.25, 0.3) is 0 Å². The minimum absolute atomic E-state index is 0.0225. The fraction of sp³-hybridized carbons (Fsp3) is 0.200. The number of rotatable bonds is 7. The van der Waals surface area contributed by atoms with E-state index >= 15 is 0 Å². The molecule has 0 aliphatic carbocycles. The van der Waals surface area contributed by atoms with Crippen LogP contribution >= 0.6 is 34.7 Å². The van der Waals surface area contributed by atoms with E-state index in [-0.39, 0.29) is 16.9 Å². The Morgan fingerprint density at radius 3 is 2.28 bits per heavy atom. The van der Waals surface area contributed by atoms with E-state index < -0.39 is 36.9 Å². The summed E-state index contributed by atoms with van der Waals surface area (Å²) in [4.78, 5) is 41.4. The number of aromatic nitrogens is 2. The summed E-state index contributed by atoms with van der Waals surface area (Å²) >= 11 is 12.7. The number of benzene rings is 2. The monoisotopic (exact) mass is 496 g/mol. The second kappa shape index (κ2) is 10.7. The van der Waals surface area contributed by atoms with Crippen molar-refractivity contribution in [2.75, 3.05) is 6.61 Å². The first kappa shape index (κ1) is 23.9. The van der Waals surface area contributed by atoms with Gasteiger partial charge in [0.05, 0.1) is 13.2 Å². The number of aliphatic hydroxyl groups is 1. The quantitative estimate of drug-likeness (QED) is 0.478. The first-order valence-corrected chi connectivity index (χ1v) is 10.7. The summed E-state index contributed by atoms with van der Waals surface area (Å²) in [5.74, 6) is -1.50. The molecule has 0 fully saturated rings. The van der Waals surface area contributed by atoms with Crippen LogP contribution in [0.4, 0.5) is 0 Å². The summed E-state index contributed by atoms with van der Waals surface area (Å²) in [5, 5.41) is 10.0. The van der Waals surface area contributed by atoms with Crippen LogP contribution in [0.2, 0.25) is 10.0 Å². The molecule has 168 valence electrons. The van der Waals surface area contributed by atoms with Gasteiger partial charge in [-0.15, -0.1) is 0 Å². The van der Waals surface area contributed by atoms with Gasteiger partial charge in [0.2, 0.25) is 4.80 Å². The number of carbonyl (C=O) groups excluding carboxylic acids is 2. The number of nitrogens with two attached hydrogens (primary N) is 1. The van der Waals surface area contributed by atoms with Crippen LogP contribution in [0, 0.1) is 0 Å². The van der Waals surface area contributed by atoms with E-state index in [1.54, 1.807) is 36.4 Å². The minimum Gasteiger partial charge on any atom is -0.442 e. The van der Waals surface area contributed by atoms with E-state index in [0.717, 1.165) is 21.7 Å². The first-order valence-electron chi connectivity index (χ1n) is 9.21. The highest BCUT2D eigenvalue weighted by atomic mass is 35.5. The highest BCUT2D eigenvalue weighted by Gasteiger charge is 2.17. The van der Waals surface area contributed by atoms with Gasteiger partial charge >= 0.3 is 11.7 Å². The maximum absolute atomic E-state index is 12.9. The second-order valence-electron chi connectivity index (χ2n) is 6.55. The maximum atomic E-state index is 12.9. The summed E-state index contributed by atoms with van der Waals surface area (Å²) in [7, 11) is 0. The van der Waals surface area contributed by atoms with Crippen LogP contribution in [0.5, 0.6) is 0 Å². The molecule has 9 nitrogen and oxygen atoms in total. The average Bonchev–Trinajstić information content (AvgIpc) is 3.07. The van der Waals surface area contributed by atoms with Crippen LogP contribution < -0.4 is 16.2 Å². The van der Waals surface area contributed by atoms with Crippen LogP contribution in [0.1, 0.15) is 15.9 Å². The highest BCUT2D eigenvalue weighted by Crippen LogP contribution is 2.12. The van der Waals surface area contributed by atoms with Crippen molar-refractivity contribution in [1.29, 1.82) is 0 Å². The molecule has 12 heteroatoms. The van der Waals surface area contributed by atoms with Crippen LogP contribution in [0.3, 0.4) is 0 Å². The lowest BCUT2D eigenvalue weighted by Crippen LogP contribution is -2.38. The molecule has 0 spiro atoms. The van der Waals surface area contributed by atoms with Crippen molar-refractivity contribution in [2.24, 2.45) is 10.7 Å². The number of halogens is 2. The molecule has 3 aromatic rings. The van der Waals surface area contributed by atoms with Gasteiger partial charge in [0.25, 0.3) is 5.91 Å². The SMILES string of the molecule is NC(CO)C(=O)OCn1c(=NC(=O)c2ccc(Cl)cc2)sn(Cc2ccc(Cl)cc2)c1=O. The van der Waals surface area contributed by atoms with Gasteiger partial charge < -0.3 is 15.6 Å². The number of aliphatic hydroxyl groups excluding tert-OH is 1. The number of carbonyl (C=O) groups is 2. The molecule has 0 saturated carbocycles. The lowest BCUT2D eigenvalue weighted by atomic mass is 10.2. The van der Waals surface area contributed by atoms with Crippen molar-refractivity contribution < 1.29 is 19.4 Å². The molecule has 0 bridgehead atoms. The molecule has 1 unspecified atom stereocenters. The third kappa shape index (κ3) is 5.93. The zero-order valence-corrected chi connectivity index (χ0v) is 18.8. The molecule has 32 heavy (non-hydrogen) atoms. The van der Waals surface area contributed by atoms with Crippen molar-refractivity contribution in [3.05, 3.63) is 85.0 Å². The van der Waals surface area contributed by atoms with Gasteiger partial charge in [-0.05, 0) is 53.5 Å². The van der Waals surface area contributed by atoms with E-state index in [1.807, 2.05) is 0 Å². The summed E-state index contributed by atoms with van der Waals surface area (Å²) in [5.41, 5.74) is 5.95. The second-order valence-corrected chi connectivity index (χ2v) is 8.41. The number of ether oxygens (including phenoxy) is 1. The Hall–Kier alpha value is -2.76. The minimum atomic E-state index is -1.25. The fourth-order valence-corrected chi connectivity index (χ4v) is 3.70. The number of hydrogen-bond acceptors (Lipinski definition) is 7. The number of hydrogen-bond donors (Lipinski definition) is 2. The Kier molecular flexibility index (Phi) is 7.99.